The van der Waals surface area contributed by atoms with E-state index < -0.39 is 5.97 Å². The van der Waals surface area contributed by atoms with Gasteiger partial charge in [-0.2, -0.15) is 0 Å². The molecule has 0 atom stereocenters. The molecule has 0 spiro atoms. The average molecular weight is 176 g/mol. The summed E-state index contributed by atoms with van der Waals surface area (Å²) in [5, 5.41) is 9.51. The van der Waals surface area contributed by atoms with E-state index in [4.69, 9.17) is 9.52 Å². The zero-order valence-corrected chi connectivity index (χ0v) is 6.86. The minimum absolute atomic E-state index is 0.0567. The Morgan fingerprint density at radius 1 is 1.38 bits per heavy atom. The standard InChI is InChI=1S/C10H8O3/c11-10(12)6-7-1-2-9-8(5-7)3-4-13-9/h1-5H,6H2,(H,11,12). The molecule has 1 N–H and O–H groups in total. The number of hydrogen-bond acceptors (Lipinski definition) is 2. The lowest BCUT2D eigenvalue weighted by atomic mass is 10.1. The minimum atomic E-state index is -0.817. The van der Waals surface area contributed by atoms with Gasteiger partial charge < -0.3 is 9.52 Å². The van der Waals surface area contributed by atoms with E-state index in [1.165, 1.54) is 0 Å². The highest BCUT2D eigenvalue weighted by atomic mass is 16.4. The van der Waals surface area contributed by atoms with Crippen LogP contribution in [0.4, 0.5) is 0 Å². The molecule has 0 aliphatic carbocycles. The van der Waals surface area contributed by atoms with Crippen molar-refractivity contribution >= 4 is 16.9 Å². The molecule has 1 heterocycles. The third-order valence-corrected chi connectivity index (χ3v) is 1.87. The number of hydrogen-bond donors (Lipinski definition) is 1. The van der Waals surface area contributed by atoms with Gasteiger partial charge in [0.05, 0.1) is 12.7 Å². The van der Waals surface area contributed by atoms with Crippen LogP contribution < -0.4 is 0 Å². The summed E-state index contributed by atoms with van der Waals surface area (Å²) in [6.07, 6.45) is 1.65. The predicted molar refractivity (Wildman–Crippen MR) is 47.6 cm³/mol. The maximum atomic E-state index is 10.4. The molecule has 13 heavy (non-hydrogen) atoms. The van der Waals surface area contributed by atoms with Gasteiger partial charge in [-0.05, 0) is 23.8 Å². The third kappa shape index (κ3) is 1.54. The van der Waals surface area contributed by atoms with Crippen LogP contribution in [-0.2, 0) is 11.2 Å². The number of aliphatic carboxylic acids is 1. The number of rotatable bonds is 2. The number of carbonyl (C=O) groups is 1. The van der Waals surface area contributed by atoms with Crippen molar-refractivity contribution in [2.75, 3.05) is 0 Å². The van der Waals surface area contributed by atoms with Gasteiger partial charge >= 0.3 is 5.97 Å². The van der Waals surface area contributed by atoms with E-state index in [0.717, 1.165) is 16.5 Å². The monoisotopic (exact) mass is 176 g/mol. The largest absolute Gasteiger partial charge is 0.481 e. The molecular weight excluding hydrogens is 168 g/mol. The first-order chi connectivity index (χ1) is 6.25. The second-order valence-corrected chi connectivity index (χ2v) is 2.86. The van der Waals surface area contributed by atoms with Gasteiger partial charge in [0.15, 0.2) is 0 Å². The fourth-order valence-corrected chi connectivity index (χ4v) is 1.30. The van der Waals surface area contributed by atoms with Crippen molar-refractivity contribution in [2.45, 2.75) is 6.42 Å². The Balaban J connectivity index is 2.42. The molecule has 1 aromatic carbocycles. The van der Waals surface area contributed by atoms with Gasteiger partial charge in [0, 0.05) is 5.39 Å². The van der Waals surface area contributed by atoms with Gasteiger partial charge in [-0.15, -0.1) is 0 Å². The van der Waals surface area contributed by atoms with Crippen LogP contribution in [0.5, 0.6) is 0 Å². The highest BCUT2D eigenvalue weighted by molar-refractivity contribution is 5.79. The van der Waals surface area contributed by atoms with E-state index >= 15 is 0 Å². The summed E-state index contributed by atoms with van der Waals surface area (Å²) in [5.41, 5.74) is 1.58. The smallest absolute Gasteiger partial charge is 0.307 e. The minimum Gasteiger partial charge on any atom is -0.481 e. The molecule has 0 unspecified atom stereocenters. The molecule has 0 aliphatic rings. The molecule has 2 rings (SSSR count). The van der Waals surface area contributed by atoms with Crippen LogP contribution in [0.25, 0.3) is 11.0 Å². The van der Waals surface area contributed by atoms with Gasteiger partial charge in [-0.25, -0.2) is 0 Å². The quantitative estimate of drug-likeness (QED) is 0.761. The Morgan fingerprint density at radius 2 is 2.23 bits per heavy atom. The van der Waals surface area contributed by atoms with E-state index in [9.17, 15) is 4.79 Å². The summed E-state index contributed by atoms with van der Waals surface area (Å²) >= 11 is 0. The Morgan fingerprint density at radius 3 is 3.00 bits per heavy atom. The highest BCUT2D eigenvalue weighted by Gasteiger charge is 2.02. The molecule has 66 valence electrons. The molecule has 0 fully saturated rings. The van der Waals surface area contributed by atoms with E-state index in [0.29, 0.717) is 0 Å². The summed E-state index contributed by atoms with van der Waals surface area (Å²) in [7, 11) is 0. The molecule has 0 amide bonds. The molecule has 1 aromatic heterocycles. The Bertz CT molecular complexity index is 442. The van der Waals surface area contributed by atoms with Gasteiger partial charge in [0.2, 0.25) is 0 Å². The van der Waals surface area contributed by atoms with E-state index in [1.807, 2.05) is 12.1 Å². The lowest BCUT2D eigenvalue weighted by Crippen LogP contribution is -1.99. The van der Waals surface area contributed by atoms with Crippen molar-refractivity contribution in [2.24, 2.45) is 0 Å². The summed E-state index contributed by atoms with van der Waals surface area (Å²) < 4.78 is 5.13. The van der Waals surface area contributed by atoms with Crippen molar-refractivity contribution in [3.05, 3.63) is 36.1 Å². The average Bonchev–Trinajstić information content (AvgIpc) is 2.49. The third-order valence-electron chi connectivity index (χ3n) is 1.87. The van der Waals surface area contributed by atoms with Crippen molar-refractivity contribution < 1.29 is 14.3 Å². The first-order valence-corrected chi connectivity index (χ1v) is 3.93. The van der Waals surface area contributed by atoms with Gasteiger partial charge in [-0.3, -0.25) is 4.79 Å². The molecule has 0 bridgehead atoms. The van der Waals surface area contributed by atoms with Crippen molar-refractivity contribution in [3.63, 3.8) is 0 Å². The van der Waals surface area contributed by atoms with E-state index in [-0.39, 0.29) is 6.42 Å². The summed E-state index contributed by atoms with van der Waals surface area (Å²) in [6, 6.07) is 7.20. The lowest BCUT2D eigenvalue weighted by molar-refractivity contribution is -0.136. The Hall–Kier alpha value is -1.77. The maximum absolute atomic E-state index is 10.4. The fraction of sp³-hybridized carbons (Fsp3) is 0.100. The first kappa shape index (κ1) is 7.86. The SMILES string of the molecule is O=C(O)Cc1ccc2occc2c1. The van der Waals surface area contributed by atoms with Gasteiger partial charge in [0.25, 0.3) is 0 Å². The normalized spacial score (nSPS) is 10.5. The summed E-state index contributed by atoms with van der Waals surface area (Å²) in [4.78, 5) is 10.4. The molecule has 0 radical (unpaired) electrons. The number of carboxylic acid groups (broad SMARTS) is 1. The lowest BCUT2D eigenvalue weighted by Gasteiger charge is -1.95. The molecule has 3 nitrogen and oxygen atoms in total. The molecule has 2 aromatic rings. The number of furan rings is 1. The van der Waals surface area contributed by atoms with Crippen molar-refractivity contribution in [1.29, 1.82) is 0 Å². The van der Waals surface area contributed by atoms with Crippen molar-refractivity contribution in [3.8, 4) is 0 Å². The topological polar surface area (TPSA) is 50.4 Å². The van der Waals surface area contributed by atoms with Gasteiger partial charge in [0.1, 0.15) is 5.58 Å². The second kappa shape index (κ2) is 2.94. The zero-order chi connectivity index (χ0) is 9.26. The Labute approximate surface area is 74.6 Å². The number of carboxylic acids is 1. The van der Waals surface area contributed by atoms with Gasteiger partial charge in [-0.1, -0.05) is 6.07 Å². The first-order valence-electron chi connectivity index (χ1n) is 3.93. The number of benzene rings is 1. The van der Waals surface area contributed by atoms with Crippen molar-refractivity contribution in [1.82, 2.24) is 0 Å². The second-order valence-electron chi connectivity index (χ2n) is 2.86. The van der Waals surface area contributed by atoms with Crippen LogP contribution in [0.3, 0.4) is 0 Å². The van der Waals surface area contributed by atoms with Crippen LogP contribution in [-0.4, -0.2) is 11.1 Å². The Kier molecular flexibility index (Phi) is 1.77. The fourth-order valence-electron chi connectivity index (χ4n) is 1.30. The predicted octanol–water partition coefficient (Wildman–Crippen LogP) is 2.06. The molecule has 0 aliphatic heterocycles. The van der Waals surface area contributed by atoms with Crippen LogP contribution >= 0.6 is 0 Å². The van der Waals surface area contributed by atoms with Crippen LogP contribution in [0.2, 0.25) is 0 Å². The molecule has 3 heteroatoms. The summed E-state index contributed by atoms with van der Waals surface area (Å²) in [6.45, 7) is 0. The molecular formula is C10H8O3. The maximum Gasteiger partial charge on any atom is 0.307 e. The van der Waals surface area contributed by atoms with E-state index in [2.05, 4.69) is 0 Å². The van der Waals surface area contributed by atoms with Crippen LogP contribution in [0, 0.1) is 0 Å². The van der Waals surface area contributed by atoms with Crippen LogP contribution in [0.15, 0.2) is 34.9 Å². The van der Waals surface area contributed by atoms with Crippen LogP contribution in [0.1, 0.15) is 5.56 Å². The number of fused-ring (bicyclic) bond motifs is 1. The zero-order valence-electron chi connectivity index (χ0n) is 6.86. The van der Waals surface area contributed by atoms with E-state index in [1.54, 1.807) is 18.4 Å². The highest BCUT2D eigenvalue weighted by Crippen LogP contribution is 2.17. The summed E-state index contributed by atoms with van der Waals surface area (Å²) in [5.74, 6) is -0.817. The molecule has 0 saturated heterocycles. The molecule has 0 saturated carbocycles.